The summed E-state index contributed by atoms with van der Waals surface area (Å²) in [6, 6.07) is 11.5. The van der Waals surface area contributed by atoms with Crippen LogP contribution in [0.25, 0.3) is 11.1 Å². The van der Waals surface area contributed by atoms with Crippen LogP contribution in [-0.4, -0.2) is 36.0 Å². The Labute approximate surface area is 166 Å². The Morgan fingerprint density at radius 3 is 2.44 bits per heavy atom. The summed E-state index contributed by atoms with van der Waals surface area (Å²) in [6.07, 6.45) is 2.98. The van der Waals surface area contributed by atoms with E-state index >= 15 is 0 Å². The second kappa shape index (κ2) is 7.99. The molecule has 5 heteroatoms. The summed E-state index contributed by atoms with van der Waals surface area (Å²) in [6.45, 7) is 5.85. The summed E-state index contributed by atoms with van der Waals surface area (Å²) in [5.41, 5.74) is 4.37. The Morgan fingerprint density at radius 2 is 1.70 bits per heavy atom. The minimum absolute atomic E-state index is 0. The summed E-state index contributed by atoms with van der Waals surface area (Å²) in [5, 5.41) is 3.38. The average Bonchev–Trinajstić information content (AvgIpc) is 2.89. The van der Waals surface area contributed by atoms with Crippen LogP contribution in [0.3, 0.4) is 0 Å². The molecule has 2 fully saturated rings. The number of nitrogens with zero attached hydrogens (tertiary/aromatic N) is 1. The Balaban J connectivity index is 0.00000210. The van der Waals surface area contributed by atoms with E-state index in [1.807, 2.05) is 23.1 Å². The number of carbonyl (C=O) groups excluding carboxylic acids is 1. The van der Waals surface area contributed by atoms with Gasteiger partial charge in [-0.25, -0.2) is 4.39 Å². The van der Waals surface area contributed by atoms with Crippen LogP contribution in [0, 0.1) is 19.7 Å². The number of carbonyl (C=O) groups is 1. The van der Waals surface area contributed by atoms with Gasteiger partial charge >= 0.3 is 0 Å². The summed E-state index contributed by atoms with van der Waals surface area (Å²) >= 11 is 0. The van der Waals surface area contributed by atoms with Crippen LogP contribution in [0.5, 0.6) is 0 Å². The molecule has 0 aliphatic carbocycles. The number of aryl methyl sites for hydroxylation is 2. The predicted octanol–water partition coefficient (Wildman–Crippen LogP) is 4.50. The Morgan fingerprint density at radius 1 is 1.00 bits per heavy atom. The third-order valence-corrected chi connectivity index (χ3v) is 5.93. The minimum atomic E-state index is -0.428. The van der Waals surface area contributed by atoms with Gasteiger partial charge in [0.05, 0.1) is 5.56 Å². The van der Waals surface area contributed by atoms with E-state index in [1.54, 1.807) is 6.07 Å². The molecule has 2 atom stereocenters. The molecule has 1 N–H and O–H groups in total. The number of hydrogen-bond donors (Lipinski definition) is 1. The van der Waals surface area contributed by atoms with Gasteiger partial charge < -0.3 is 10.2 Å². The molecule has 144 valence electrons. The zero-order valence-corrected chi connectivity index (χ0v) is 16.6. The van der Waals surface area contributed by atoms with E-state index in [4.69, 9.17) is 0 Å². The molecule has 2 heterocycles. The van der Waals surface area contributed by atoms with E-state index < -0.39 is 5.82 Å². The molecule has 2 aliphatic rings. The van der Waals surface area contributed by atoms with Crippen molar-refractivity contribution in [3.63, 3.8) is 0 Å². The molecular formula is C22H26ClFN2O. The maximum absolute atomic E-state index is 14.8. The lowest BCUT2D eigenvalue weighted by Gasteiger charge is -2.28. The third-order valence-electron chi connectivity index (χ3n) is 5.93. The lowest BCUT2D eigenvalue weighted by atomic mass is 9.99. The van der Waals surface area contributed by atoms with Crippen LogP contribution in [0.1, 0.15) is 40.7 Å². The lowest BCUT2D eigenvalue weighted by molar-refractivity contribution is 0.0675. The van der Waals surface area contributed by atoms with E-state index in [0.717, 1.165) is 43.5 Å². The Hall–Kier alpha value is -1.91. The fourth-order valence-electron chi connectivity index (χ4n) is 4.24. The van der Waals surface area contributed by atoms with Gasteiger partial charge in [0, 0.05) is 18.6 Å². The second-order valence-corrected chi connectivity index (χ2v) is 7.58. The summed E-state index contributed by atoms with van der Waals surface area (Å²) in [5.74, 6) is -0.590. The normalized spacial score (nSPS) is 21.5. The van der Waals surface area contributed by atoms with E-state index in [2.05, 4.69) is 25.2 Å². The molecule has 0 saturated carbocycles. The topological polar surface area (TPSA) is 32.3 Å². The molecule has 2 saturated heterocycles. The number of hydrogen-bond acceptors (Lipinski definition) is 2. The van der Waals surface area contributed by atoms with Crippen molar-refractivity contribution in [1.82, 2.24) is 10.2 Å². The Bertz CT molecular complexity index is 840. The van der Waals surface area contributed by atoms with Gasteiger partial charge in [-0.3, -0.25) is 4.79 Å². The molecule has 2 aromatic rings. The van der Waals surface area contributed by atoms with Crippen molar-refractivity contribution < 1.29 is 9.18 Å². The molecule has 4 rings (SSSR count). The first-order chi connectivity index (χ1) is 12.5. The maximum Gasteiger partial charge on any atom is 0.257 e. The number of rotatable bonds is 2. The smallest absolute Gasteiger partial charge is 0.257 e. The molecule has 3 nitrogen and oxygen atoms in total. The zero-order chi connectivity index (χ0) is 18.3. The largest absolute Gasteiger partial charge is 0.331 e. The SMILES string of the molecule is Cc1ccc(-c2ccc(C(=O)N3C4CCNCC3CC4)c(F)c2)cc1C.Cl. The highest BCUT2D eigenvalue weighted by molar-refractivity contribution is 5.95. The van der Waals surface area contributed by atoms with Crippen molar-refractivity contribution in [2.45, 2.75) is 45.2 Å². The maximum atomic E-state index is 14.8. The van der Waals surface area contributed by atoms with Crippen LogP contribution in [0.4, 0.5) is 4.39 Å². The van der Waals surface area contributed by atoms with Crippen molar-refractivity contribution in [1.29, 1.82) is 0 Å². The number of nitrogens with one attached hydrogen (secondary N) is 1. The van der Waals surface area contributed by atoms with Gasteiger partial charge in [-0.2, -0.15) is 0 Å². The van der Waals surface area contributed by atoms with Gasteiger partial charge in [0.1, 0.15) is 5.82 Å². The first-order valence-corrected chi connectivity index (χ1v) is 9.45. The van der Waals surface area contributed by atoms with Crippen molar-refractivity contribution in [2.75, 3.05) is 13.1 Å². The van der Waals surface area contributed by atoms with E-state index in [-0.39, 0.29) is 36.0 Å². The van der Waals surface area contributed by atoms with Gasteiger partial charge in [0.2, 0.25) is 0 Å². The van der Waals surface area contributed by atoms with Crippen LogP contribution >= 0.6 is 12.4 Å². The van der Waals surface area contributed by atoms with Crippen LogP contribution in [0.15, 0.2) is 36.4 Å². The monoisotopic (exact) mass is 388 g/mol. The quantitative estimate of drug-likeness (QED) is 0.821. The van der Waals surface area contributed by atoms with Crippen LogP contribution in [-0.2, 0) is 0 Å². The highest BCUT2D eigenvalue weighted by Gasteiger charge is 2.39. The molecular weight excluding hydrogens is 363 g/mol. The van der Waals surface area contributed by atoms with Crippen LogP contribution in [0.2, 0.25) is 0 Å². The van der Waals surface area contributed by atoms with Gasteiger partial charge in [0.15, 0.2) is 0 Å². The first-order valence-electron chi connectivity index (χ1n) is 9.45. The highest BCUT2D eigenvalue weighted by Crippen LogP contribution is 2.31. The first kappa shape index (κ1) is 19.8. The second-order valence-electron chi connectivity index (χ2n) is 7.58. The molecule has 2 aromatic carbocycles. The third kappa shape index (κ3) is 3.74. The van der Waals surface area contributed by atoms with Crippen molar-refractivity contribution in [2.24, 2.45) is 0 Å². The average molecular weight is 389 g/mol. The van der Waals surface area contributed by atoms with Crippen molar-refractivity contribution in [3.8, 4) is 11.1 Å². The summed E-state index contributed by atoms with van der Waals surface area (Å²) in [7, 11) is 0. The minimum Gasteiger partial charge on any atom is -0.331 e. The zero-order valence-electron chi connectivity index (χ0n) is 15.8. The molecule has 0 spiro atoms. The number of fused-ring (bicyclic) bond motifs is 2. The van der Waals surface area contributed by atoms with E-state index in [0.29, 0.717) is 0 Å². The van der Waals surface area contributed by atoms with Gasteiger partial charge in [-0.05, 0) is 74.0 Å². The molecule has 1 amide bonds. The number of amides is 1. The number of halogens is 2. The van der Waals surface area contributed by atoms with E-state index in [1.165, 1.54) is 17.2 Å². The lowest BCUT2D eigenvalue weighted by Crippen LogP contribution is -2.42. The van der Waals surface area contributed by atoms with Gasteiger partial charge in [-0.15, -0.1) is 12.4 Å². The highest BCUT2D eigenvalue weighted by atomic mass is 35.5. The van der Waals surface area contributed by atoms with Crippen LogP contribution < -0.4 is 5.32 Å². The standard InChI is InChI=1S/C22H25FN2O.ClH/c1-14-3-4-16(11-15(14)2)17-5-8-20(21(23)12-17)22(26)25-18-6-7-19(25)13-24-10-9-18;/h3-5,8,11-12,18-19,24H,6-7,9-10,13H2,1-2H3;1H. The fourth-order valence-corrected chi connectivity index (χ4v) is 4.24. The Kier molecular flexibility index (Phi) is 5.87. The molecule has 27 heavy (non-hydrogen) atoms. The molecule has 0 aromatic heterocycles. The molecule has 2 aliphatic heterocycles. The van der Waals surface area contributed by atoms with Gasteiger partial charge in [0.25, 0.3) is 5.91 Å². The molecule has 2 unspecified atom stereocenters. The number of benzene rings is 2. The summed E-state index contributed by atoms with van der Waals surface area (Å²) in [4.78, 5) is 15.0. The molecule has 0 radical (unpaired) electrons. The predicted molar refractivity (Wildman–Crippen MR) is 109 cm³/mol. The molecule has 2 bridgehead atoms. The van der Waals surface area contributed by atoms with Crippen molar-refractivity contribution in [3.05, 3.63) is 58.9 Å². The van der Waals surface area contributed by atoms with Crippen molar-refractivity contribution >= 4 is 18.3 Å². The van der Waals surface area contributed by atoms with E-state index in [9.17, 15) is 9.18 Å². The fraction of sp³-hybridized carbons (Fsp3) is 0.409. The van der Waals surface area contributed by atoms with Gasteiger partial charge in [-0.1, -0.05) is 24.3 Å². The summed E-state index contributed by atoms with van der Waals surface area (Å²) < 4.78 is 14.8.